The Morgan fingerprint density at radius 2 is 2.24 bits per heavy atom. The van der Waals surface area contributed by atoms with Gasteiger partial charge in [0.25, 0.3) is 0 Å². The topological polar surface area (TPSA) is 62.3 Å². The molecule has 25 heavy (non-hydrogen) atoms. The predicted octanol–water partition coefficient (Wildman–Crippen LogP) is 3.37. The van der Waals surface area contributed by atoms with Crippen LogP contribution in [0.5, 0.6) is 0 Å². The van der Waals surface area contributed by atoms with Crippen molar-refractivity contribution in [2.45, 2.75) is 25.9 Å². The molecule has 1 atom stereocenters. The van der Waals surface area contributed by atoms with Crippen LogP contribution in [0.4, 0.5) is 10.8 Å². The Hall–Kier alpha value is -1.70. The van der Waals surface area contributed by atoms with Crippen molar-refractivity contribution in [3.8, 4) is 0 Å². The number of rotatable bonds is 7. The number of benzene rings is 1. The number of aryl methyl sites for hydroxylation is 1. The first kappa shape index (κ1) is 18.1. The van der Waals surface area contributed by atoms with Crippen molar-refractivity contribution < 1.29 is 8.42 Å². The molecule has 1 fully saturated rings. The van der Waals surface area contributed by atoms with Gasteiger partial charge in [0.2, 0.25) is 0 Å². The van der Waals surface area contributed by atoms with Crippen molar-refractivity contribution in [2.24, 2.45) is 0 Å². The maximum atomic E-state index is 11.8. The standard InChI is InChI=1S/C18H23N3O2S2/c1-3-9-21(15-8-10-25(22,23)13-15)12-16-11-19-18(24-16)20-17-7-5-4-6-14(17)2/h3-7,11,15H,1,8-10,12-13H2,2H3,(H,19,20)/t15-/m1/s1. The second-order valence-corrected chi connectivity index (χ2v) is 9.69. The average Bonchev–Trinajstić information content (AvgIpc) is 3.15. The molecule has 0 spiro atoms. The third-order valence-corrected chi connectivity index (χ3v) is 7.04. The minimum absolute atomic E-state index is 0.0675. The molecule has 1 aliphatic rings. The summed E-state index contributed by atoms with van der Waals surface area (Å²) in [5, 5.41) is 4.20. The fraction of sp³-hybridized carbons (Fsp3) is 0.389. The molecule has 2 aromatic rings. The van der Waals surface area contributed by atoms with Gasteiger partial charge in [-0.05, 0) is 25.0 Å². The maximum absolute atomic E-state index is 11.8. The lowest BCUT2D eigenvalue weighted by molar-refractivity contribution is 0.228. The molecule has 1 aromatic heterocycles. The predicted molar refractivity (Wildman–Crippen MR) is 104 cm³/mol. The van der Waals surface area contributed by atoms with Gasteiger partial charge in [-0.2, -0.15) is 0 Å². The Bertz CT molecular complexity index is 846. The van der Waals surface area contributed by atoms with E-state index in [4.69, 9.17) is 0 Å². The van der Waals surface area contributed by atoms with E-state index >= 15 is 0 Å². The molecule has 134 valence electrons. The van der Waals surface area contributed by atoms with E-state index in [-0.39, 0.29) is 17.5 Å². The fourth-order valence-corrected chi connectivity index (χ4v) is 5.65. The van der Waals surface area contributed by atoms with Crippen LogP contribution in [-0.2, 0) is 16.4 Å². The lowest BCUT2D eigenvalue weighted by Crippen LogP contribution is -2.35. The maximum Gasteiger partial charge on any atom is 0.187 e. The molecule has 0 saturated carbocycles. The molecule has 0 bridgehead atoms. The molecule has 0 aliphatic carbocycles. The quantitative estimate of drug-likeness (QED) is 0.750. The first-order valence-corrected chi connectivity index (χ1v) is 10.9. The van der Waals surface area contributed by atoms with Crippen molar-refractivity contribution in [2.75, 3.05) is 23.4 Å². The van der Waals surface area contributed by atoms with E-state index in [1.165, 1.54) is 5.56 Å². The van der Waals surface area contributed by atoms with Gasteiger partial charge in [0.1, 0.15) is 0 Å². The normalized spacial score (nSPS) is 19.2. The van der Waals surface area contributed by atoms with Crippen molar-refractivity contribution in [1.29, 1.82) is 0 Å². The van der Waals surface area contributed by atoms with Crippen LogP contribution in [0, 0.1) is 6.92 Å². The van der Waals surface area contributed by atoms with Crippen molar-refractivity contribution in [3.63, 3.8) is 0 Å². The smallest absolute Gasteiger partial charge is 0.187 e. The monoisotopic (exact) mass is 377 g/mol. The van der Waals surface area contributed by atoms with Gasteiger partial charge < -0.3 is 5.32 Å². The summed E-state index contributed by atoms with van der Waals surface area (Å²) in [6.07, 6.45) is 4.40. The highest BCUT2D eigenvalue weighted by Crippen LogP contribution is 2.27. The molecule has 2 heterocycles. The summed E-state index contributed by atoms with van der Waals surface area (Å²) in [5.74, 6) is 0.530. The summed E-state index contributed by atoms with van der Waals surface area (Å²) >= 11 is 1.60. The van der Waals surface area contributed by atoms with E-state index in [9.17, 15) is 8.42 Å². The second kappa shape index (κ2) is 7.68. The van der Waals surface area contributed by atoms with Gasteiger partial charge in [-0.25, -0.2) is 13.4 Å². The van der Waals surface area contributed by atoms with Crippen LogP contribution in [0.25, 0.3) is 0 Å². The Labute approximate surface area is 153 Å². The summed E-state index contributed by atoms with van der Waals surface area (Å²) in [7, 11) is -2.89. The second-order valence-electron chi connectivity index (χ2n) is 6.35. The summed E-state index contributed by atoms with van der Waals surface area (Å²) in [6.45, 7) is 7.24. The molecule has 7 heteroatoms. The molecule has 1 saturated heterocycles. The van der Waals surface area contributed by atoms with E-state index in [0.717, 1.165) is 15.7 Å². The molecule has 0 unspecified atom stereocenters. The van der Waals surface area contributed by atoms with Crippen molar-refractivity contribution in [1.82, 2.24) is 9.88 Å². The van der Waals surface area contributed by atoms with Gasteiger partial charge >= 0.3 is 0 Å². The SMILES string of the molecule is C=CCN(Cc1cnc(Nc2ccccc2C)s1)[C@@H]1CCS(=O)(=O)C1. The number of thiazole rings is 1. The zero-order valence-corrected chi connectivity index (χ0v) is 15.9. The molecule has 1 aliphatic heterocycles. The highest BCUT2D eigenvalue weighted by Gasteiger charge is 2.32. The minimum atomic E-state index is -2.89. The number of nitrogens with zero attached hydrogens (tertiary/aromatic N) is 2. The average molecular weight is 378 g/mol. The lowest BCUT2D eigenvalue weighted by Gasteiger charge is -2.25. The molecule has 0 amide bonds. The highest BCUT2D eigenvalue weighted by molar-refractivity contribution is 7.91. The largest absolute Gasteiger partial charge is 0.331 e. The molecule has 1 aromatic carbocycles. The van der Waals surface area contributed by atoms with Gasteiger partial charge in [-0.15, -0.1) is 17.9 Å². The minimum Gasteiger partial charge on any atom is -0.331 e. The third-order valence-electron chi connectivity index (χ3n) is 4.39. The van der Waals surface area contributed by atoms with Crippen LogP contribution in [0.2, 0.25) is 0 Å². The number of hydrogen-bond donors (Lipinski definition) is 1. The summed E-state index contributed by atoms with van der Waals surface area (Å²) in [5.41, 5.74) is 2.22. The Morgan fingerprint density at radius 3 is 2.92 bits per heavy atom. The lowest BCUT2D eigenvalue weighted by atomic mass is 10.2. The number of hydrogen-bond acceptors (Lipinski definition) is 6. The van der Waals surface area contributed by atoms with Gasteiger partial charge in [0.15, 0.2) is 15.0 Å². The van der Waals surface area contributed by atoms with E-state index in [2.05, 4.69) is 34.8 Å². The highest BCUT2D eigenvalue weighted by atomic mass is 32.2. The number of aromatic nitrogens is 1. The summed E-state index contributed by atoms with van der Waals surface area (Å²) < 4.78 is 23.5. The number of sulfone groups is 1. The Morgan fingerprint density at radius 1 is 1.44 bits per heavy atom. The molecular formula is C18H23N3O2S2. The van der Waals surface area contributed by atoms with Gasteiger partial charge in [0, 0.05) is 35.9 Å². The third kappa shape index (κ3) is 4.68. The van der Waals surface area contributed by atoms with Crippen LogP contribution in [0.3, 0.4) is 0 Å². The van der Waals surface area contributed by atoms with Gasteiger partial charge in [-0.3, -0.25) is 4.90 Å². The molecule has 5 nitrogen and oxygen atoms in total. The Balaban J connectivity index is 1.68. The summed E-state index contributed by atoms with van der Waals surface area (Å²) in [4.78, 5) is 7.75. The molecule has 3 rings (SSSR count). The van der Waals surface area contributed by atoms with Crippen LogP contribution in [0.1, 0.15) is 16.9 Å². The molecule has 0 radical (unpaired) electrons. The van der Waals surface area contributed by atoms with Crippen LogP contribution in [-0.4, -0.2) is 42.4 Å². The van der Waals surface area contributed by atoms with Gasteiger partial charge in [0.05, 0.1) is 11.5 Å². The molecule has 1 N–H and O–H groups in total. The van der Waals surface area contributed by atoms with Gasteiger partial charge in [-0.1, -0.05) is 24.3 Å². The van der Waals surface area contributed by atoms with E-state index < -0.39 is 9.84 Å². The van der Waals surface area contributed by atoms with E-state index in [0.29, 0.717) is 19.5 Å². The fourth-order valence-electron chi connectivity index (χ4n) is 3.04. The van der Waals surface area contributed by atoms with E-state index in [1.807, 2.05) is 30.5 Å². The zero-order chi connectivity index (χ0) is 17.9. The van der Waals surface area contributed by atoms with Crippen LogP contribution < -0.4 is 5.32 Å². The van der Waals surface area contributed by atoms with Crippen molar-refractivity contribution in [3.05, 3.63) is 53.6 Å². The Kier molecular flexibility index (Phi) is 5.56. The molecular weight excluding hydrogens is 354 g/mol. The van der Waals surface area contributed by atoms with Crippen LogP contribution in [0.15, 0.2) is 43.1 Å². The zero-order valence-electron chi connectivity index (χ0n) is 14.3. The van der Waals surface area contributed by atoms with Crippen LogP contribution >= 0.6 is 11.3 Å². The van der Waals surface area contributed by atoms with Crippen molar-refractivity contribution >= 4 is 32.0 Å². The number of para-hydroxylation sites is 1. The first-order chi connectivity index (χ1) is 12.0. The first-order valence-electron chi connectivity index (χ1n) is 8.29. The van der Waals surface area contributed by atoms with E-state index in [1.54, 1.807) is 11.3 Å². The number of anilines is 2. The summed E-state index contributed by atoms with van der Waals surface area (Å²) in [6, 6.07) is 8.16. The number of nitrogens with one attached hydrogen (secondary N) is 1.